The van der Waals surface area contributed by atoms with Crippen molar-refractivity contribution in [2.45, 2.75) is 50.4 Å². The Morgan fingerprint density at radius 1 is 1.19 bits per heavy atom. The molecule has 1 amide bonds. The number of amides is 1. The molecule has 0 aromatic carbocycles. The third kappa shape index (κ3) is 9.65. The van der Waals surface area contributed by atoms with Crippen molar-refractivity contribution in [1.82, 2.24) is 5.32 Å². The normalized spacial score (nSPS) is 23.0. The number of hydrogen-bond donors (Lipinski definition) is 2. The molecule has 0 spiro atoms. The first-order chi connectivity index (χ1) is 9.87. The van der Waals surface area contributed by atoms with Gasteiger partial charge in [-0.05, 0) is 25.7 Å². The fraction of sp³-hybridized carbons (Fsp3) is 0.923. The van der Waals surface area contributed by atoms with Crippen molar-refractivity contribution in [2.75, 3.05) is 26.4 Å². The number of halogens is 3. The Morgan fingerprint density at radius 3 is 2.48 bits per heavy atom. The SMILES string of the molecule is NC1CCC(OCCNC(=O)CCOCC(F)(F)F)CC1. The lowest BCUT2D eigenvalue weighted by Gasteiger charge is -2.26. The van der Waals surface area contributed by atoms with Gasteiger partial charge >= 0.3 is 6.18 Å². The molecule has 1 fully saturated rings. The Kier molecular flexibility index (Phi) is 7.98. The van der Waals surface area contributed by atoms with E-state index < -0.39 is 12.8 Å². The molecular weight excluding hydrogens is 289 g/mol. The van der Waals surface area contributed by atoms with E-state index in [0.29, 0.717) is 13.2 Å². The number of carbonyl (C=O) groups is 1. The first-order valence-electron chi connectivity index (χ1n) is 7.15. The number of nitrogens with two attached hydrogens (primary N) is 1. The van der Waals surface area contributed by atoms with E-state index >= 15 is 0 Å². The van der Waals surface area contributed by atoms with E-state index in [-0.39, 0.29) is 31.1 Å². The monoisotopic (exact) mass is 312 g/mol. The summed E-state index contributed by atoms with van der Waals surface area (Å²) in [4.78, 5) is 11.3. The van der Waals surface area contributed by atoms with Crippen molar-refractivity contribution < 1.29 is 27.4 Å². The minimum Gasteiger partial charge on any atom is -0.376 e. The van der Waals surface area contributed by atoms with Crippen LogP contribution in [0.3, 0.4) is 0 Å². The lowest BCUT2D eigenvalue weighted by atomic mass is 9.94. The highest BCUT2D eigenvalue weighted by atomic mass is 19.4. The molecule has 0 aromatic rings. The maximum absolute atomic E-state index is 11.8. The van der Waals surface area contributed by atoms with Gasteiger partial charge in [0.1, 0.15) is 6.61 Å². The molecule has 0 aromatic heterocycles. The Morgan fingerprint density at radius 2 is 1.86 bits per heavy atom. The van der Waals surface area contributed by atoms with Gasteiger partial charge in [-0.1, -0.05) is 0 Å². The van der Waals surface area contributed by atoms with Gasteiger partial charge < -0.3 is 20.5 Å². The second kappa shape index (κ2) is 9.22. The van der Waals surface area contributed by atoms with Crippen molar-refractivity contribution in [3.63, 3.8) is 0 Å². The molecule has 0 aliphatic heterocycles. The Hall–Kier alpha value is -0.860. The molecule has 0 saturated heterocycles. The van der Waals surface area contributed by atoms with E-state index in [1.165, 1.54) is 0 Å². The van der Waals surface area contributed by atoms with Gasteiger partial charge in [-0.3, -0.25) is 4.79 Å². The van der Waals surface area contributed by atoms with Crippen molar-refractivity contribution in [3.05, 3.63) is 0 Å². The fourth-order valence-electron chi connectivity index (χ4n) is 2.11. The highest BCUT2D eigenvalue weighted by Crippen LogP contribution is 2.19. The number of ether oxygens (including phenoxy) is 2. The Bertz CT molecular complexity index is 306. The van der Waals surface area contributed by atoms with Crippen LogP contribution in [0.25, 0.3) is 0 Å². The minimum atomic E-state index is -4.35. The molecule has 0 unspecified atom stereocenters. The van der Waals surface area contributed by atoms with Gasteiger partial charge in [-0.2, -0.15) is 13.2 Å². The number of rotatable bonds is 8. The van der Waals surface area contributed by atoms with Crippen LogP contribution in [0.4, 0.5) is 13.2 Å². The fourth-order valence-corrected chi connectivity index (χ4v) is 2.11. The van der Waals surface area contributed by atoms with Crippen molar-refractivity contribution in [2.24, 2.45) is 5.73 Å². The minimum absolute atomic E-state index is 0.0889. The van der Waals surface area contributed by atoms with E-state index in [2.05, 4.69) is 10.1 Å². The lowest BCUT2D eigenvalue weighted by molar-refractivity contribution is -0.174. The first-order valence-corrected chi connectivity index (χ1v) is 7.15. The number of carbonyl (C=O) groups excluding carboxylic acids is 1. The van der Waals surface area contributed by atoms with E-state index in [9.17, 15) is 18.0 Å². The van der Waals surface area contributed by atoms with Gasteiger partial charge in [0.05, 0.1) is 19.3 Å². The predicted octanol–water partition coefficient (Wildman–Crippen LogP) is 1.36. The molecule has 0 bridgehead atoms. The van der Waals surface area contributed by atoms with Crippen molar-refractivity contribution >= 4 is 5.91 Å². The van der Waals surface area contributed by atoms with E-state index in [1.807, 2.05) is 0 Å². The van der Waals surface area contributed by atoms with E-state index in [4.69, 9.17) is 10.5 Å². The molecule has 0 heterocycles. The smallest absolute Gasteiger partial charge is 0.376 e. The summed E-state index contributed by atoms with van der Waals surface area (Å²) in [5, 5.41) is 2.58. The Labute approximate surface area is 122 Å². The van der Waals surface area contributed by atoms with Crippen LogP contribution in [0.5, 0.6) is 0 Å². The zero-order valence-electron chi connectivity index (χ0n) is 12.0. The molecular formula is C13H23F3N2O3. The van der Waals surface area contributed by atoms with Crippen molar-refractivity contribution in [3.8, 4) is 0 Å². The second-order valence-electron chi connectivity index (χ2n) is 5.18. The van der Waals surface area contributed by atoms with Crippen LogP contribution in [0.15, 0.2) is 0 Å². The zero-order chi connectivity index (χ0) is 15.7. The molecule has 0 radical (unpaired) electrons. The van der Waals surface area contributed by atoms with Gasteiger partial charge in [0, 0.05) is 19.0 Å². The summed E-state index contributed by atoms with van der Waals surface area (Å²) >= 11 is 0. The molecule has 1 rings (SSSR count). The average molecular weight is 312 g/mol. The van der Waals surface area contributed by atoms with Gasteiger partial charge in [0.15, 0.2) is 0 Å². The highest BCUT2D eigenvalue weighted by Gasteiger charge is 2.27. The van der Waals surface area contributed by atoms with Gasteiger partial charge in [-0.15, -0.1) is 0 Å². The topological polar surface area (TPSA) is 73.6 Å². The Balaban J connectivity index is 1.94. The molecule has 8 heteroatoms. The van der Waals surface area contributed by atoms with E-state index in [0.717, 1.165) is 25.7 Å². The molecule has 124 valence electrons. The molecule has 0 atom stereocenters. The van der Waals surface area contributed by atoms with Gasteiger partial charge in [0.25, 0.3) is 0 Å². The summed E-state index contributed by atoms with van der Waals surface area (Å²) in [5.74, 6) is -0.341. The summed E-state index contributed by atoms with van der Waals surface area (Å²) < 4.78 is 45.3. The summed E-state index contributed by atoms with van der Waals surface area (Å²) in [6, 6.07) is 0.265. The molecule has 5 nitrogen and oxygen atoms in total. The number of alkyl halides is 3. The maximum Gasteiger partial charge on any atom is 0.411 e. The highest BCUT2D eigenvalue weighted by molar-refractivity contribution is 5.75. The third-order valence-electron chi connectivity index (χ3n) is 3.24. The van der Waals surface area contributed by atoms with Gasteiger partial charge in [-0.25, -0.2) is 0 Å². The first kappa shape index (κ1) is 18.2. The maximum atomic E-state index is 11.8. The number of hydrogen-bond acceptors (Lipinski definition) is 4. The third-order valence-corrected chi connectivity index (χ3v) is 3.24. The quantitative estimate of drug-likeness (QED) is 0.664. The average Bonchev–Trinajstić information content (AvgIpc) is 2.41. The summed E-state index contributed by atoms with van der Waals surface area (Å²) in [5.41, 5.74) is 5.78. The zero-order valence-corrected chi connectivity index (χ0v) is 12.0. The van der Waals surface area contributed by atoms with Crippen LogP contribution in [0, 0.1) is 0 Å². The second-order valence-corrected chi connectivity index (χ2v) is 5.18. The van der Waals surface area contributed by atoms with Crippen LogP contribution < -0.4 is 11.1 Å². The number of nitrogens with one attached hydrogen (secondary N) is 1. The molecule has 3 N–H and O–H groups in total. The summed E-state index contributed by atoms with van der Waals surface area (Å²) in [6.07, 6.45) is -0.486. The van der Waals surface area contributed by atoms with E-state index in [1.54, 1.807) is 0 Å². The predicted molar refractivity (Wildman–Crippen MR) is 70.7 cm³/mol. The van der Waals surface area contributed by atoms with Crippen LogP contribution in [-0.4, -0.2) is 50.6 Å². The summed E-state index contributed by atoms with van der Waals surface area (Å²) in [7, 11) is 0. The molecule has 1 aliphatic carbocycles. The van der Waals surface area contributed by atoms with Crippen LogP contribution >= 0.6 is 0 Å². The lowest BCUT2D eigenvalue weighted by Crippen LogP contribution is -2.33. The van der Waals surface area contributed by atoms with Crippen LogP contribution in [0.2, 0.25) is 0 Å². The molecule has 1 saturated carbocycles. The van der Waals surface area contributed by atoms with Crippen LogP contribution in [-0.2, 0) is 14.3 Å². The molecule has 1 aliphatic rings. The molecule has 21 heavy (non-hydrogen) atoms. The summed E-state index contributed by atoms with van der Waals surface area (Å²) in [6.45, 7) is -0.824. The van der Waals surface area contributed by atoms with Crippen molar-refractivity contribution in [1.29, 1.82) is 0 Å². The van der Waals surface area contributed by atoms with Gasteiger partial charge in [0.2, 0.25) is 5.91 Å². The largest absolute Gasteiger partial charge is 0.411 e. The van der Waals surface area contributed by atoms with Crippen LogP contribution in [0.1, 0.15) is 32.1 Å². The standard InChI is InChI=1S/C13H23F3N2O3/c14-13(15,16)9-20-7-5-12(19)18-6-8-21-11-3-1-10(17)2-4-11/h10-11H,1-9,17H2,(H,18,19).